The van der Waals surface area contributed by atoms with Crippen molar-refractivity contribution in [3.05, 3.63) is 54.9 Å². The Balaban J connectivity index is 2.32. The smallest absolute Gasteiger partial charge is 0.0645 e. The Hall–Kier alpha value is -1.35. The van der Waals surface area contributed by atoms with Crippen molar-refractivity contribution < 1.29 is 0 Å². The second-order valence-electron chi connectivity index (χ2n) is 3.25. The first kappa shape index (κ1) is 10.2. The molecule has 2 rings (SSSR count). The van der Waals surface area contributed by atoms with Gasteiger partial charge in [0, 0.05) is 17.1 Å². The Kier molecular flexibility index (Phi) is 3.02. The van der Waals surface area contributed by atoms with Gasteiger partial charge < -0.3 is 0 Å². The Morgan fingerprint density at radius 3 is 2.73 bits per heavy atom. The highest BCUT2D eigenvalue weighted by molar-refractivity contribution is 9.09. The lowest BCUT2D eigenvalue weighted by molar-refractivity contribution is 0.880. The number of benzene rings is 1. The molecule has 2 aromatic rings. The maximum Gasteiger partial charge on any atom is 0.0645 e. The molecule has 0 aliphatic rings. The molecular formula is C12H11BrN2. The molecule has 0 aliphatic carbocycles. The molecule has 76 valence electrons. The van der Waals surface area contributed by atoms with Crippen LogP contribution in [0.2, 0.25) is 0 Å². The van der Waals surface area contributed by atoms with E-state index < -0.39 is 0 Å². The molecule has 0 bridgehead atoms. The lowest BCUT2D eigenvalue weighted by Gasteiger charge is -1.99. The SMILES string of the molecule is C=C(CBr)c1cnn(-c2ccccc2)c1. The standard InChI is InChI=1S/C12H11BrN2/c1-10(7-13)11-8-14-15(9-11)12-5-3-2-4-6-12/h2-6,8-9H,1,7H2. The van der Waals surface area contributed by atoms with Gasteiger partial charge in [-0.2, -0.15) is 5.10 Å². The molecule has 3 heteroatoms. The van der Waals surface area contributed by atoms with Gasteiger partial charge in [-0.25, -0.2) is 4.68 Å². The molecule has 0 radical (unpaired) electrons. The average Bonchev–Trinajstić information content (AvgIpc) is 2.78. The summed E-state index contributed by atoms with van der Waals surface area (Å²) in [6, 6.07) is 10.0. The second kappa shape index (κ2) is 4.45. The normalized spacial score (nSPS) is 10.2. The monoisotopic (exact) mass is 262 g/mol. The van der Waals surface area contributed by atoms with Crippen LogP contribution in [0, 0.1) is 0 Å². The molecule has 0 saturated carbocycles. The molecule has 0 amide bonds. The predicted molar refractivity (Wildman–Crippen MR) is 66.4 cm³/mol. The molecule has 0 unspecified atom stereocenters. The molecule has 0 saturated heterocycles. The fourth-order valence-electron chi connectivity index (χ4n) is 1.30. The highest BCUT2D eigenvalue weighted by atomic mass is 79.9. The number of para-hydroxylation sites is 1. The van der Waals surface area contributed by atoms with Gasteiger partial charge in [0.1, 0.15) is 0 Å². The Morgan fingerprint density at radius 1 is 1.33 bits per heavy atom. The summed E-state index contributed by atoms with van der Waals surface area (Å²) < 4.78 is 1.85. The maximum absolute atomic E-state index is 4.29. The van der Waals surface area contributed by atoms with E-state index in [2.05, 4.69) is 27.6 Å². The third-order valence-corrected chi connectivity index (χ3v) is 2.85. The number of aromatic nitrogens is 2. The molecule has 0 fully saturated rings. The van der Waals surface area contributed by atoms with Gasteiger partial charge in [0.05, 0.1) is 11.9 Å². The molecule has 1 aromatic carbocycles. The first-order valence-electron chi connectivity index (χ1n) is 4.65. The Labute approximate surface area is 97.4 Å². The van der Waals surface area contributed by atoms with Gasteiger partial charge in [0.15, 0.2) is 0 Å². The lowest BCUT2D eigenvalue weighted by atomic mass is 10.2. The fourth-order valence-corrected chi connectivity index (χ4v) is 1.63. The quantitative estimate of drug-likeness (QED) is 0.777. The summed E-state index contributed by atoms with van der Waals surface area (Å²) in [7, 11) is 0. The highest BCUT2D eigenvalue weighted by Crippen LogP contribution is 2.15. The zero-order chi connectivity index (χ0) is 10.7. The number of rotatable bonds is 3. The molecular weight excluding hydrogens is 252 g/mol. The third kappa shape index (κ3) is 2.18. The molecule has 0 aliphatic heterocycles. The van der Waals surface area contributed by atoms with Crippen molar-refractivity contribution in [1.29, 1.82) is 0 Å². The summed E-state index contributed by atoms with van der Waals surface area (Å²) in [5.41, 5.74) is 3.17. The van der Waals surface area contributed by atoms with E-state index in [4.69, 9.17) is 0 Å². The molecule has 1 heterocycles. The topological polar surface area (TPSA) is 17.8 Å². The number of allylic oxidation sites excluding steroid dienone is 1. The molecule has 1 aromatic heterocycles. The zero-order valence-electron chi connectivity index (χ0n) is 8.23. The van der Waals surface area contributed by atoms with E-state index in [1.54, 1.807) is 0 Å². The number of halogens is 1. The summed E-state index contributed by atoms with van der Waals surface area (Å²) in [6.07, 6.45) is 3.82. The van der Waals surface area contributed by atoms with Crippen molar-refractivity contribution in [3.63, 3.8) is 0 Å². The van der Waals surface area contributed by atoms with Crippen molar-refractivity contribution in [1.82, 2.24) is 9.78 Å². The van der Waals surface area contributed by atoms with Crippen molar-refractivity contribution in [3.8, 4) is 5.69 Å². The van der Waals surface area contributed by atoms with Crippen molar-refractivity contribution in [2.24, 2.45) is 0 Å². The van der Waals surface area contributed by atoms with Crippen molar-refractivity contribution in [2.75, 3.05) is 5.33 Å². The van der Waals surface area contributed by atoms with Gasteiger partial charge in [0.25, 0.3) is 0 Å². The van der Waals surface area contributed by atoms with Crippen LogP contribution >= 0.6 is 15.9 Å². The third-order valence-electron chi connectivity index (χ3n) is 2.17. The largest absolute Gasteiger partial charge is 0.240 e. The van der Waals surface area contributed by atoms with Crippen LogP contribution in [0.3, 0.4) is 0 Å². The van der Waals surface area contributed by atoms with Crippen LogP contribution < -0.4 is 0 Å². The van der Waals surface area contributed by atoms with Crippen molar-refractivity contribution in [2.45, 2.75) is 0 Å². The molecule has 2 nitrogen and oxygen atoms in total. The Morgan fingerprint density at radius 2 is 2.07 bits per heavy atom. The van der Waals surface area contributed by atoms with Crippen LogP contribution in [0.25, 0.3) is 11.3 Å². The van der Waals surface area contributed by atoms with Crippen LogP contribution in [0.15, 0.2) is 49.3 Å². The molecule has 0 N–H and O–H groups in total. The van der Waals surface area contributed by atoms with Crippen LogP contribution in [0.4, 0.5) is 0 Å². The van der Waals surface area contributed by atoms with Crippen LogP contribution in [-0.2, 0) is 0 Å². The van der Waals surface area contributed by atoms with E-state index in [9.17, 15) is 0 Å². The van der Waals surface area contributed by atoms with Crippen LogP contribution in [0.5, 0.6) is 0 Å². The molecule has 0 spiro atoms. The van der Waals surface area contributed by atoms with E-state index in [1.807, 2.05) is 47.4 Å². The average molecular weight is 263 g/mol. The first-order valence-corrected chi connectivity index (χ1v) is 5.77. The van der Waals surface area contributed by atoms with E-state index in [0.29, 0.717) is 0 Å². The molecule has 0 atom stereocenters. The maximum atomic E-state index is 4.29. The number of alkyl halides is 1. The van der Waals surface area contributed by atoms with E-state index >= 15 is 0 Å². The van der Waals surface area contributed by atoms with Crippen LogP contribution in [-0.4, -0.2) is 15.1 Å². The van der Waals surface area contributed by atoms with Gasteiger partial charge in [-0.05, 0) is 17.7 Å². The van der Waals surface area contributed by atoms with Gasteiger partial charge in [-0.3, -0.25) is 0 Å². The van der Waals surface area contributed by atoms with Crippen LogP contribution in [0.1, 0.15) is 5.56 Å². The predicted octanol–water partition coefficient (Wildman–Crippen LogP) is 3.28. The summed E-state index contributed by atoms with van der Waals surface area (Å²) >= 11 is 3.38. The van der Waals surface area contributed by atoms with E-state index in [0.717, 1.165) is 22.2 Å². The van der Waals surface area contributed by atoms with Gasteiger partial charge in [0.2, 0.25) is 0 Å². The summed E-state index contributed by atoms with van der Waals surface area (Å²) in [5.74, 6) is 0. The number of nitrogens with zero attached hydrogens (tertiary/aromatic N) is 2. The van der Waals surface area contributed by atoms with Crippen molar-refractivity contribution >= 4 is 21.5 Å². The van der Waals surface area contributed by atoms with E-state index in [1.165, 1.54) is 0 Å². The lowest BCUT2D eigenvalue weighted by Crippen LogP contribution is -1.92. The van der Waals surface area contributed by atoms with Gasteiger partial charge in [-0.1, -0.05) is 40.7 Å². The second-order valence-corrected chi connectivity index (χ2v) is 3.81. The zero-order valence-corrected chi connectivity index (χ0v) is 9.81. The number of hydrogen-bond acceptors (Lipinski definition) is 1. The first-order chi connectivity index (χ1) is 7.31. The fraction of sp³-hybridized carbons (Fsp3) is 0.0833. The summed E-state index contributed by atoms with van der Waals surface area (Å²) in [5, 5.41) is 5.06. The Bertz CT molecular complexity index is 459. The highest BCUT2D eigenvalue weighted by Gasteiger charge is 2.02. The molecule has 15 heavy (non-hydrogen) atoms. The minimum atomic E-state index is 0.771. The van der Waals surface area contributed by atoms with Gasteiger partial charge in [-0.15, -0.1) is 0 Å². The minimum Gasteiger partial charge on any atom is -0.240 e. The minimum absolute atomic E-state index is 0.771. The number of hydrogen-bond donors (Lipinski definition) is 0. The summed E-state index contributed by atoms with van der Waals surface area (Å²) in [4.78, 5) is 0. The van der Waals surface area contributed by atoms with Gasteiger partial charge >= 0.3 is 0 Å². The van der Waals surface area contributed by atoms with E-state index in [-0.39, 0.29) is 0 Å². The summed E-state index contributed by atoms with van der Waals surface area (Å²) in [6.45, 7) is 3.95.